The van der Waals surface area contributed by atoms with Crippen LogP contribution in [0.5, 0.6) is 0 Å². The van der Waals surface area contributed by atoms with Crippen molar-refractivity contribution in [3.63, 3.8) is 0 Å². The minimum absolute atomic E-state index is 0.0313. The number of nitrogens with one attached hydrogen (secondary N) is 1. The zero-order valence-corrected chi connectivity index (χ0v) is 15.4. The number of ether oxygens (including phenoxy) is 1. The maximum absolute atomic E-state index is 12.1. The van der Waals surface area contributed by atoms with E-state index in [9.17, 15) is 9.59 Å². The van der Waals surface area contributed by atoms with Crippen LogP contribution in [0.15, 0.2) is 30.3 Å². The third-order valence-corrected chi connectivity index (χ3v) is 4.41. The molecule has 2 rings (SSSR count). The molecule has 0 saturated heterocycles. The Kier molecular flexibility index (Phi) is 6.35. The van der Waals surface area contributed by atoms with Gasteiger partial charge in [-0.3, -0.25) is 4.79 Å². The third-order valence-electron chi connectivity index (χ3n) is 2.98. The Labute approximate surface area is 158 Å². The van der Waals surface area contributed by atoms with E-state index < -0.39 is 18.5 Å². The monoisotopic (exact) mass is 405 g/mol. The van der Waals surface area contributed by atoms with Crippen LogP contribution in [-0.4, -0.2) is 18.5 Å². The molecule has 2 aromatic rings. The second-order valence-electron chi connectivity index (χ2n) is 4.83. The Morgan fingerprint density at radius 2 is 1.67 bits per heavy atom. The molecule has 0 bridgehead atoms. The van der Waals surface area contributed by atoms with Crippen LogP contribution in [-0.2, 0) is 9.53 Å². The van der Waals surface area contributed by atoms with Gasteiger partial charge in [0, 0.05) is 0 Å². The number of rotatable bonds is 4. The highest BCUT2D eigenvalue weighted by Gasteiger charge is 2.20. The fraction of sp³-hybridized carbons (Fsp3) is 0.125. The first kappa shape index (κ1) is 18.9. The van der Waals surface area contributed by atoms with Gasteiger partial charge in [-0.05, 0) is 36.8 Å². The molecule has 0 aromatic heterocycles. The standard InChI is InChI=1S/C16H11Cl4NO3/c1-8-2-5-12(11(19)6-8)21-13(22)7-24-16(23)14-9(17)3-4-10(18)15(14)20/h2-6H,7H2,1H3,(H,21,22). The lowest BCUT2D eigenvalue weighted by Crippen LogP contribution is -2.21. The lowest BCUT2D eigenvalue weighted by atomic mass is 10.2. The van der Waals surface area contributed by atoms with E-state index in [1.807, 2.05) is 6.92 Å². The number of hydrogen-bond acceptors (Lipinski definition) is 3. The first-order valence-corrected chi connectivity index (χ1v) is 8.17. The highest BCUT2D eigenvalue weighted by Crippen LogP contribution is 2.31. The molecule has 0 radical (unpaired) electrons. The largest absolute Gasteiger partial charge is 0.452 e. The zero-order chi connectivity index (χ0) is 17.9. The van der Waals surface area contributed by atoms with Gasteiger partial charge >= 0.3 is 5.97 Å². The molecular weight excluding hydrogens is 396 g/mol. The highest BCUT2D eigenvalue weighted by atomic mass is 35.5. The lowest BCUT2D eigenvalue weighted by molar-refractivity contribution is -0.119. The van der Waals surface area contributed by atoms with Gasteiger partial charge in [0.25, 0.3) is 5.91 Å². The van der Waals surface area contributed by atoms with Gasteiger partial charge in [0.05, 0.1) is 31.3 Å². The normalized spacial score (nSPS) is 10.4. The molecule has 0 aliphatic heterocycles. The van der Waals surface area contributed by atoms with Gasteiger partial charge in [-0.2, -0.15) is 0 Å². The molecule has 0 saturated carbocycles. The summed E-state index contributed by atoms with van der Waals surface area (Å²) in [5.41, 5.74) is 1.28. The topological polar surface area (TPSA) is 55.4 Å². The Morgan fingerprint density at radius 3 is 2.33 bits per heavy atom. The molecule has 0 aliphatic carbocycles. The molecule has 2 aromatic carbocycles. The summed E-state index contributed by atoms with van der Waals surface area (Å²) < 4.78 is 4.92. The number of aryl methyl sites for hydroxylation is 1. The molecule has 126 valence electrons. The van der Waals surface area contributed by atoms with Crippen molar-refractivity contribution in [2.24, 2.45) is 0 Å². The Hall–Kier alpha value is -1.46. The van der Waals surface area contributed by atoms with Crippen molar-refractivity contribution in [3.8, 4) is 0 Å². The summed E-state index contributed by atoms with van der Waals surface area (Å²) in [5, 5.41) is 3.13. The first-order valence-electron chi connectivity index (χ1n) is 6.66. The van der Waals surface area contributed by atoms with Crippen molar-refractivity contribution in [2.75, 3.05) is 11.9 Å². The molecule has 1 amide bonds. The smallest absolute Gasteiger partial charge is 0.341 e. The molecule has 4 nitrogen and oxygen atoms in total. The highest BCUT2D eigenvalue weighted by molar-refractivity contribution is 6.46. The molecule has 0 aliphatic rings. The van der Waals surface area contributed by atoms with E-state index in [4.69, 9.17) is 51.1 Å². The van der Waals surface area contributed by atoms with Crippen LogP contribution >= 0.6 is 46.4 Å². The molecule has 0 heterocycles. The molecule has 8 heteroatoms. The van der Waals surface area contributed by atoms with E-state index >= 15 is 0 Å². The van der Waals surface area contributed by atoms with Crippen LogP contribution in [0.2, 0.25) is 20.1 Å². The van der Waals surface area contributed by atoms with E-state index in [2.05, 4.69) is 5.32 Å². The maximum Gasteiger partial charge on any atom is 0.341 e. The minimum atomic E-state index is -0.849. The predicted molar refractivity (Wildman–Crippen MR) is 96.6 cm³/mol. The van der Waals surface area contributed by atoms with Crippen LogP contribution in [0.1, 0.15) is 15.9 Å². The van der Waals surface area contributed by atoms with Gasteiger partial charge < -0.3 is 10.1 Å². The number of amides is 1. The summed E-state index contributed by atoms with van der Waals surface area (Å²) in [6.45, 7) is 1.35. The van der Waals surface area contributed by atoms with E-state index in [1.165, 1.54) is 12.1 Å². The van der Waals surface area contributed by atoms with Crippen molar-refractivity contribution in [2.45, 2.75) is 6.92 Å². The second-order valence-corrected chi connectivity index (χ2v) is 6.43. The average Bonchev–Trinajstić information content (AvgIpc) is 2.52. The lowest BCUT2D eigenvalue weighted by Gasteiger charge is -2.10. The van der Waals surface area contributed by atoms with E-state index in [0.29, 0.717) is 10.7 Å². The molecule has 0 spiro atoms. The maximum atomic E-state index is 12.1. The predicted octanol–water partition coefficient (Wildman–Crippen LogP) is 5.40. The summed E-state index contributed by atoms with van der Waals surface area (Å²) in [7, 11) is 0. The van der Waals surface area contributed by atoms with Crippen molar-refractivity contribution in [3.05, 3.63) is 61.5 Å². The van der Waals surface area contributed by atoms with Gasteiger partial charge in [0.2, 0.25) is 0 Å². The summed E-state index contributed by atoms with van der Waals surface area (Å²) in [4.78, 5) is 23.9. The SMILES string of the molecule is Cc1ccc(NC(=O)COC(=O)c2c(Cl)ccc(Cl)c2Cl)c(Cl)c1. The Balaban J connectivity index is 2.02. The number of benzene rings is 2. The van der Waals surface area contributed by atoms with Crippen LogP contribution < -0.4 is 5.32 Å². The van der Waals surface area contributed by atoms with Crippen molar-refractivity contribution in [1.29, 1.82) is 0 Å². The zero-order valence-electron chi connectivity index (χ0n) is 12.3. The summed E-state index contributed by atoms with van der Waals surface area (Å²) in [6, 6.07) is 8.02. The van der Waals surface area contributed by atoms with Crippen LogP contribution in [0.25, 0.3) is 0 Å². The number of esters is 1. The van der Waals surface area contributed by atoms with E-state index in [1.54, 1.807) is 18.2 Å². The summed E-state index contributed by atoms with van der Waals surface area (Å²) in [6.07, 6.45) is 0. The fourth-order valence-electron chi connectivity index (χ4n) is 1.83. The summed E-state index contributed by atoms with van der Waals surface area (Å²) in [5.74, 6) is -1.40. The number of halogens is 4. The van der Waals surface area contributed by atoms with Gasteiger partial charge in [-0.15, -0.1) is 0 Å². The van der Waals surface area contributed by atoms with E-state index in [0.717, 1.165) is 5.56 Å². The van der Waals surface area contributed by atoms with Crippen molar-refractivity contribution in [1.82, 2.24) is 0 Å². The first-order chi connectivity index (χ1) is 11.3. The molecule has 0 fully saturated rings. The average molecular weight is 407 g/mol. The number of hydrogen-bond donors (Lipinski definition) is 1. The quantitative estimate of drug-likeness (QED) is 0.545. The van der Waals surface area contributed by atoms with Gasteiger partial charge in [0.15, 0.2) is 6.61 Å². The second kappa shape index (κ2) is 8.08. The molecule has 0 atom stereocenters. The van der Waals surface area contributed by atoms with Gasteiger partial charge in [-0.1, -0.05) is 52.5 Å². The van der Waals surface area contributed by atoms with Crippen molar-refractivity contribution < 1.29 is 14.3 Å². The fourth-order valence-corrected chi connectivity index (χ4v) is 2.79. The van der Waals surface area contributed by atoms with Crippen molar-refractivity contribution >= 4 is 64.0 Å². The Bertz CT molecular complexity index is 808. The third kappa shape index (κ3) is 4.54. The minimum Gasteiger partial charge on any atom is -0.452 e. The molecule has 24 heavy (non-hydrogen) atoms. The number of carbonyl (C=O) groups is 2. The van der Waals surface area contributed by atoms with Gasteiger partial charge in [0.1, 0.15) is 0 Å². The van der Waals surface area contributed by atoms with Crippen LogP contribution in [0.4, 0.5) is 5.69 Å². The number of carbonyl (C=O) groups excluding carboxylic acids is 2. The summed E-state index contributed by atoms with van der Waals surface area (Å²) >= 11 is 23.7. The van der Waals surface area contributed by atoms with Crippen LogP contribution in [0, 0.1) is 6.92 Å². The molecule has 1 N–H and O–H groups in total. The van der Waals surface area contributed by atoms with Crippen LogP contribution in [0.3, 0.4) is 0 Å². The molecular formula is C16H11Cl4NO3. The number of anilines is 1. The van der Waals surface area contributed by atoms with Gasteiger partial charge in [-0.25, -0.2) is 4.79 Å². The Morgan fingerprint density at radius 1 is 1.00 bits per heavy atom. The molecule has 0 unspecified atom stereocenters. The van der Waals surface area contributed by atoms with E-state index in [-0.39, 0.29) is 20.6 Å².